The highest BCUT2D eigenvalue weighted by atomic mass is 16.7. The van der Waals surface area contributed by atoms with Crippen molar-refractivity contribution < 1.29 is 19.0 Å². The van der Waals surface area contributed by atoms with E-state index in [4.69, 9.17) is 14.2 Å². The summed E-state index contributed by atoms with van der Waals surface area (Å²) in [7, 11) is 0. The molecule has 1 aliphatic heterocycles. The fourth-order valence-corrected chi connectivity index (χ4v) is 2.00. The average molecular weight is 325 g/mol. The number of benzene rings is 2. The molecule has 0 aliphatic carbocycles. The van der Waals surface area contributed by atoms with Crippen molar-refractivity contribution in [2.24, 2.45) is 10.4 Å². The fraction of sp³-hybridized carbons (Fsp3) is 0.263. The summed E-state index contributed by atoms with van der Waals surface area (Å²) >= 11 is 0. The molecule has 0 N–H and O–H groups in total. The van der Waals surface area contributed by atoms with Gasteiger partial charge < -0.3 is 14.2 Å². The summed E-state index contributed by atoms with van der Waals surface area (Å²) in [6.45, 7) is 5.71. The Hall–Kier alpha value is -2.82. The van der Waals surface area contributed by atoms with Crippen LogP contribution in [-0.2, 0) is 4.79 Å². The first kappa shape index (κ1) is 16.1. The summed E-state index contributed by atoms with van der Waals surface area (Å²) in [5.74, 6) is 1.72. The van der Waals surface area contributed by atoms with Gasteiger partial charge in [-0.15, -0.1) is 0 Å². The van der Waals surface area contributed by atoms with Crippen molar-refractivity contribution in [3.8, 4) is 17.2 Å². The third-order valence-corrected chi connectivity index (χ3v) is 3.42. The minimum absolute atomic E-state index is 0.255. The maximum absolute atomic E-state index is 11.8. The fourth-order valence-electron chi connectivity index (χ4n) is 2.00. The van der Waals surface area contributed by atoms with E-state index in [1.165, 1.54) is 0 Å². The predicted octanol–water partition coefficient (Wildman–Crippen LogP) is 4.12. The Bertz CT molecular complexity index is 773. The highest BCUT2D eigenvalue weighted by Gasteiger charge is 2.23. The smallest absolute Gasteiger partial charge is 0.316 e. The van der Waals surface area contributed by atoms with Crippen molar-refractivity contribution in [1.29, 1.82) is 0 Å². The van der Waals surface area contributed by atoms with Crippen molar-refractivity contribution >= 4 is 17.9 Å². The molecule has 24 heavy (non-hydrogen) atoms. The summed E-state index contributed by atoms with van der Waals surface area (Å²) in [6, 6.07) is 12.7. The monoisotopic (exact) mass is 325 g/mol. The molecule has 0 bridgehead atoms. The number of rotatable bonds is 3. The number of carbonyl (C=O) groups is 1. The number of hydrogen-bond acceptors (Lipinski definition) is 5. The van der Waals surface area contributed by atoms with E-state index in [1.807, 2.05) is 39.0 Å². The number of esters is 1. The lowest BCUT2D eigenvalue weighted by Crippen LogP contribution is -2.25. The highest BCUT2D eigenvalue weighted by molar-refractivity contribution is 5.83. The Morgan fingerprint density at radius 3 is 2.50 bits per heavy atom. The molecule has 0 aromatic heterocycles. The van der Waals surface area contributed by atoms with Gasteiger partial charge in [-0.2, -0.15) is 0 Å². The second-order valence-corrected chi connectivity index (χ2v) is 6.50. The lowest BCUT2D eigenvalue weighted by molar-refractivity contribution is -0.142. The van der Waals surface area contributed by atoms with Crippen LogP contribution in [0.15, 0.2) is 47.5 Å². The number of fused-ring (bicyclic) bond motifs is 1. The van der Waals surface area contributed by atoms with Crippen LogP contribution in [0, 0.1) is 5.41 Å². The molecule has 0 spiro atoms. The van der Waals surface area contributed by atoms with E-state index in [2.05, 4.69) is 4.99 Å². The topological polar surface area (TPSA) is 57.1 Å². The summed E-state index contributed by atoms with van der Waals surface area (Å²) in [5.41, 5.74) is 1.15. The van der Waals surface area contributed by atoms with Crippen LogP contribution in [0.25, 0.3) is 0 Å². The summed E-state index contributed by atoms with van der Waals surface area (Å²) < 4.78 is 15.9. The van der Waals surface area contributed by atoms with Gasteiger partial charge in [0.1, 0.15) is 5.75 Å². The van der Waals surface area contributed by atoms with Crippen LogP contribution >= 0.6 is 0 Å². The van der Waals surface area contributed by atoms with Gasteiger partial charge >= 0.3 is 5.97 Å². The molecular weight excluding hydrogens is 306 g/mol. The van der Waals surface area contributed by atoms with Gasteiger partial charge in [0.25, 0.3) is 0 Å². The summed E-state index contributed by atoms with van der Waals surface area (Å²) in [6.07, 6.45) is 1.75. The first-order chi connectivity index (χ1) is 11.4. The van der Waals surface area contributed by atoms with Crippen LogP contribution in [0.2, 0.25) is 0 Å². The molecule has 2 aromatic carbocycles. The van der Waals surface area contributed by atoms with E-state index in [0.717, 1.165) is 22.7 Å². The SMILES string of the molecule is CC(C)(C)C(=O)Oc1ccc(N=Cc2ccc3c(c2)OCO3)cc1. The van der Waals surface area contributed by atoms with Crippen LogP contribution < -0.4 is 14.2 Å². The van der Waals surface area contributed by atoms with Crippen molar-refractivity contribution in [3.05, 3.63) is 48.0 Å². The van der Waals surface area contributed by atoms with Gasteiger partial charge in [0.05, 0.1) is 11.1 Å². The number of ether oxygens (including phenoxy) is 3. The molecule has 0 unspecified atom stereocenters. The quantitative estimate of drug-likeness (QED) is 0.484. The van der Waals surface area contributed by atoms with E-state index < -0.39 is 5.41 Å². The van der Waals surface area contributed by atoms with Gasteiger partial charge in [0, 0.05) is 6.21 Å². The van der Waals surface area contributed by atoms with E-state index in [0.29, 0.717) is 5.75 Å². The molecule has 1 heterocycles. The molecule has 0 saturated carbocycles. The molecule has 0 fully saturated rings. The van der Waals surface area contributed by atoms with Crippen LogP contribution in [0.4, 0.5) is 5.69 Å². The van der Waals surface area contributed by atoms with E-state index in [-0.39, 0.29) is 12.8 Å². The zero-order valence-corrected chi connectivity index (χ0v) is 13.9. The Labute approximate surface area is 140 Å². The molecule has 5 nitrogen and oxygen atoms in total. The first-order valence-electron chi connectivity index (χ1n) is 7.68. The largest absolute Gasteiger partial charge is 0.454 e. The second-order valence-electron chi connectivity index (χ2n) is 6.50. The highest BCUT2D eigenvalue weighted by Crippen LogP contribution is 2.32. The maximum Gasteiger partial charge on any atom is 0.316 e. The zero-order chi connectivity index (χ0) is 17.2. The van der Waals surface area contributed by atoms with Gasteiger partial charge in [0.15, 0.2) is 11.5 Å². The van der Waals surface area contributed by atoms with E-state index in [9.17, 15) is 4.79 Å². The van der Waals surface area contributed by atoms with Crippen molar-refractivity contribution in [2.75, 3.05) is 6.79 Å². The second kappa shape index (κ2) is 6.35. The number of aliphatic imine (C=N–C) groups is 1. The van der Waals surface area contributed by atoms with Crippen LogP contribution in [0.5, 0.6) is 17.2 Å². The lowest BCUT2D eigenvalue weighted by atomic mass is 9.97. The maximum atomic E-state index is 11.8. The van der Waals surface area contributed by atoms with Crippen LogP contribution in [-0.4, -0.2) is 19.0 Å². The molecular formula is C19H19NO4. The van der Waals surface area contributed by atoms with Crippen molar-refractivity contribution in [3.63, 3.8) is 0 Å². The molecule has 0 radical (unpaired) electrons. The molecule has 124 valence electrons. The molecule has 0 atom stereocenters. The zero-order valence-electron chi connectivity index (χ0n) is 13.9. The summed E-state index contributed by atoms with van der Waals surface area (Å²) in [5, 5.41) is 0. The Balaban J connectivity index is 1.67. The van der Waals surface area contributed by atoms with E-state index in [1.54, 1.807) is 30.5 Å². The van der Waals surface area contributed by atoms with Gasteiger partial charge in [-0.3, -0.25) is 9.79 Å². The predicted molar refractivity (Wildman–Crippen MR) is 91.4 cm³/mol. The minimum atomic E-state index is -0.532. The third kappa shape index (κ3) is 3.74. The normalized spacial score (nSPS) is 13.3. The van der Waals surface area contributed by atoms with Crippen LogP contribution in [0.3, 0.4) is 0 Å². The Morgan fingerprint density at radius 2 is 1.79 bits per heavy atom. The summed E-state index contributed by atoms with van der Waals surface area (Å²) in [4.78, 5) is 16.3. The van der Waals surface area contributed by atoms with Crippen molar-refractivity contribution in [1.82, 2.24) is 0 Å². The van der Waals surface area contributed by atoms with E-state index >= 15 is 0 Å². The molecule has 0 amide bonds. The first-order valence-corrected chi connectivity index (χ1v) is 7.68. The van der Waals surface area contributed by atoms with Gasteiger partial charge in [0.2, 0.25) is 6.79 Å². The molecule has 1 aliphatic rings. The number of nitrogens with zero attached hydrogens (tertiary/aromatic N) is 1. The van der Waals surface area contributed by atoms with Gasteiger partial charge in [-0.25, -0.2) is 0 Å². The van der Waals surface area contributed by atoms with Gasteiger partial charge in [-0.05, 0) is 68.8 Å². The number of carbonyl (C=O) groups excluding carboxylic acids is 1. The van der Waals surface area contributed by atoms with Crippen molar-refractivity contribution in [2.45, 2.75) is 20.8 Å². The Kier molecular flexibility index (Phi) is 4.25. The molecule has 0 saturated heterocycles. The van der Waals surface area contributed by atoms with Crippen LogP contribution in [0.1, 0.15) is 26.3 Å². The average Bonchev–Trinajstić information content (AvgIpc) is 3.01. The molecule has 2 aromatic rings. The molecule has 3 rings (SSSR count). The lowest BCUT2D eigenvalue weighted by Gasteiger charge is -2.16. The Morgan fingerprint density at radius 1 is 1.08 bits per heavy atom. The minimum Gasteiger partial charge on any atom is -0.454 e. The molecule has 5 heteroatoms. The third-order valence-electron chi connectivity index (χ3n) is 3.42. The number of hydrogen-bond donors (Lipinski definition) is 0. The standard InChI is InChI=1S/C19H19NO4/c1-19(2,3)18(21)24-15-7-5-14(6-8-15)20-11-13-4-9-16-17(10-13)23-12-22-16/h4-11H,12H2,1-3H3. The van der Waals surface area contributed by atoms with Gasteiger partial charge in [-0.1, -0.05) is 0 Å².